The van der Waals surface area contributed by atoms with E-state index in [0.717, 1.165) is 11.8 Å². The minimum atomic E-state index is -3.52. The lowest BCUT2D eigenvalue weighted by atomic mass is 10.1. The number of ether oxygens (including phenoxy) is 2. The molecule has 9 heteroatoms. The van der Waals surface area contributed by atoms with Crippen molar-refractivity contribution in [2.24, 2.45) is 0 Å². The molecule has 0 bridgehead atoms. The summed E-state index contributed by atoms with van der Waals surface area (Å²) in [5.41, 5.74) is 2.10. The largest absolute Gasteiger partial charge is 0.490 e. The summed E-state index contributed by atoms with van der Waals surface area (Å²) < 4.78 is 37.2. The van der Waals surface area contributed by atoms with Crippen LogP contribution in [0.15, 0.2) is 36.4 Å². The van der Waals surface area contributed by atoms with Gasteiger partial charge >= 0.3 is 0 Å². The molecule has 33 heavy (non-hydrogen) atoms. The van der Waals surface area contributed by atoms with E-state index in [1.54, 1.807) is 25.1 Å². The second-order valence-corrected chi connectivity index (χ2v) is 10.00. The third kappa shape index (κ3) is 7.54. The molecule has 7 nitrogen and oxygen atoms in total. The molecule has 0 spiro atoms. The van der Waals surface area contributed by atoms with Gasteiger partial charge in [0.15, 0.2) is 11.5 Å². The normalized spacial score (nSPS) is 12.2. The molecule has 1 amide bonds. The number of rotatable bonds is 12. The molecular formula is C24H33ClN2O5S. The monoisotopic (exact) mass is 496 g/mol. The van der Waals surface area contributed by atoms with E-state index in [4.69, 9.17) is 21.1 Å². The molecule has 2 aromatic carbocycles. The Kier molecular flexibility index (Phi) is 9.86. The molecule has 0 saturated carbocycles. The van der Waals surface area contributed by atoms with Gasteiger partial charge in [0.05, 0.1) is 31.2 Å². The van der Waals surface area contributed by atoms with Crippen LogP contribution in [0.2, 0.25) is 5.02 Å². The van der Waals surface area contributed by atoms with E-state index < -0.39 is 10.0 Å². The van der Waals surface area contributed by atoms with E-state index in [9.17, 15) is 13.2 Å². The molecule has 0 heterocycles. The van der Waals surface area contributed by atoms with Gasteiger partial charge in [-0.1, -0.05) is 23.7 Å². The summed E-state index contributed by atoms with van der Waals surface area (Å²) in [5, 5.41) is 3.46. The number of sulfonamides is 1. The first kappa shape index (κ1) is 26.8. The summed E-state index contributed by atoms with van der Waals surface area (Å²) in [5.74, 6) is 1.14. The standard InChI is InChI=1S/C24H33ClN2O5S/c1-6-31-22-14-13-19(16-23(22)32-7-2)18(4)26-24(28)12-9-15-27(33(5,29)30)21-11-8-10-20(25)17(21)3/h8,10-11,13-14,16,18H,6-7,9,12,15H2,1-5H3,(H,26,28). The number of amides is 1. The fourth-order valence-corrected chi connectivity index (χ4v) is 4.63. The third-order valence-electron chi connectivity index (χ3n) is 5.12. The van der Waals surface area contributed by atoms with Gasteiger partial charge in [-0.3, -0.25) is 9.10 Å². The van der Waals surface area contributed by atoms with Crippen molar-refractivity contribution in [3.63, 3.8) is 0 Å². The minimum Gasteiger partial charge on any atom is -0.490 e. The lowest BCUT2D eigenvalue weighted by Crippen LogP contribution is -2.33. The lowest BCUT2D eigenvalue weighted by Gasteiger charge is -2.24. The number of halogens is 1. The predicted molar refractivity (Wildman–Crippen MR) is 133 cm³/mol. The smallest absolute Gasteiger partial charge is 0.232 e. The first-order valence-electron chi connectivity index (χ1n) is 11.0. The Morgan fingerprint density at radius 3 is 2.42 bits per heavy atom. The molecule has 1 atom stereocenters. The highest BCUT2D eigenvalue weighted by molar-refractivity contribution is 7.92. The molecule has 0 aliphatic carbocycles. The number of anilines is 1. The van der Waals surface area contributed by atoms with Gasteiger partial charge in [-0.25, -0.2) is 8.42 Å². The van der Waals surface area contributed by atoms with Crippen LogP contribution < -0.4 is 19.1 Å². The Morgan fingerprint density at radius 2 is 1.79 bits per heavy atom. The van der Waals surface area contributed by atoms with Crippen molar-refractivity contribution in [2.45, 2.75) is 46.6 Å². The maximum absolute atomic E-state index is 12.5. The fourth-order valence-electron chi connectivity index (χ4n) is 3.45. The van der Waals surface area contributed by atoms with Gasteiger partial charge < -0.3 is 14.8 Å². The van der Waals surface area contributed by atoms with E-state index in [1.807, 2.05) is 39.0 Å². The summed E-state index contributed by atoms with van der Waals surface area (Å²) in [6.07, 6.45) is 1.70. The van der Waals surface area contributed by atoms with Crippen molar-refractivity contribution in [3.8, 4) is 11.5 Å². The van der Waals surface area contributed by atoms with Gasteiger partial charge in [-0.2, -0.15) is 0 Å². The number of nitrogens with one attached hydrogen (secondary N) is 1. The molecule has 0 radical (unpaired) electrons. The third-order valence-corrected chi connectivity index (χ3v) is 6.71. The van der Waals surface area contributed by atoms with Crippen LogP contribution in [0.5, 0.6) is 11.5 Å². The Labute approximate surface area is 202 Å². The maximum Gasteiger partial charge on any atom is 0.232 e. The van der Waals surface area contributed by atoms with Gasteiger partial charge in [-0.05, 0) is 69.5 Å². The van der Waals surface area contributed by atoms with Crippen LogP contribution in [0.4, 0.5) is 5.69 Å². The van der Waals surface area contributed by atoms with Crippen LogP contribution in [0, 0.1) is 6.92 Å². The van der Waals surface area contributed by atoms with E-state index in [0.29, 0.717) is 47.4 Å². The Morgan fingerprint density at radius 1 is 1.12 bits per heavy atom. The summed E-state index contributed by atoms with van der Waals surface area (Å²) in [7, 11) is -3.52. The van der Waals surface area contributed by atoms with Crippen LogP contribution in [-0.4, -0.2) is 40.3 Å². The number of hydrogen-bond donors (Lipinski definition) is 1. The number of nitrogens with zero attached hydrogens (tertiary/aromatic N) is 1. The van der Waals surface area contributed by atoms with Crippen LogP contribution in [0.25, 0.3) is 0 Å². The SMILES string of the molecule is CCOc1ccc(C(C)NC(=O)CCCN(c2cccc(Cl)c2C)S(C)(=O)=O)cc1OCC. The van der Waals surface area contributed by atoms with Crippen molar-refractivity contribution in [1.29, 1.82) is 0 Å². The van der Waals surface area contributed by atoms with Crippen LogP contribution in [0.1, 0.15) is 50.8 Å². The highest BCUT2D eigenvalue weighted by atomic mass is 35.5. The molecule has 2 rings (SSSR count). The Balaban J connectivity index is 2.01. The molecule has 1 unspecified atom stereocenters. The minimum absolute atomic E-state index is 0.161. The topological polar surface area (TPSA) is 84.9 Å². The summed E-state index contributed by atoms with van der Waals surface area (Å²) in [6.45, 7) is 8.69. The van der Waals surface area contributed by atoms with Crippen LogP contribution in [0.3, 0.4) is 0 Å². The highest BCUT2D eigenvalue weighted by Crippen LogP contribution is 2.31. The Bertz CT molecular complexity index is 1060. The zero-order chi connectivity index (χ0) is 24.6. The number of benzene rings is 2. The van der Waals surface area contributed by atoms with Gasteiger partial charge in [0, 0.05) is 18.0 Å². The molecule has 0 fully saturated rings. The molecule has 182 valence electrons. The van der Waals surface area contributed by atoms with Crippen molar-refractivity contribution in [3.05, 3.63) is 52.5 Å². The Hall–Kier alpha value is -2.45. The highest BCUT2D eigenvalue weighted by Gasteiger charge is 2.21. The van der Waals surface area contributed by atoms with E-state index in [-0.39, 0.29) is 24.9 Å². The average Bonchev–Trinajstić information content (AvgIpc) is 2.74. The number of carbonyl (C=O) groups is 1. The molecular weight excluding hydrogens is 464 g/mol. The van der Waals surface area contributed by atoms with Crippen molar-refractivity contribution in [1.82, 2.24) is 5.32 Å². The average molecular weight is 497 g/mol. The van der Waals surface area contributed by atoms with Crippen molar-refractivity contribution >= 4 is 33.2 Å². The zero-order valence-corrected chi connectivity index (χ0v) is 21.4. The molecule has 2 aromatic rings. The van der Waals surface area contributed by atoms with Gasteiger partial charge in [0.25, 0.3) is 0 Å². The number of carbonyl (C=O) groups excluding carboxylic acids is 1. The zero-order valence-electron chi connectivity index (χ0n) is 19.9. The van der Waals surface area contributed by atoms with E-state index in [1.165, 1.54) is 4.31 Å². The molecule has 0 aliphatic rings. The van der Waals surface area contributed by atoms with Gasteiger partial charge in [-0.15, -0.1) is 0 Å². The second-order valence-electron chi connectivity index (χ2n) is 7.68. The van der Waals surface area contributed by atoms with Crippen LogP contribution in [-0.2, 0) is 14.8 Å². The van der Waals surface area contributed by atoms with Gasteiger partial charge in [0.1, 0.15) is 0 Å². The van der Waals surface area contributed by atoms with Crippen molar-refractivity contribution in [2.75, 3.05) is 30.3 Å². The molecule has 0 aromatic heterocycles. The quantitative estimate of drug-likeness (QED) is 0.453. The lowest BCUT2D eigenvalue weighted by molar-refractivity contribution is -0.121. The molecule has 0 saturated heterocycles. The predicted octanol–water partition coefficient (Wildman–Crippen LogP) is 4.87. The number of hydrogen-bond acceptors (Lipinski definition) is 5. The maximum atomic E-state index is 12.5. The summed E-state index contributed by atoms with van der Waals surface area (Å²) in [4.78, 5) is 12.5. The molecule has 1 N–H and O–H groups in total. The first-order valence-corrected chi connectivity index (χ1v) is 13.2. The first-order chi connectivity index (χ1) is 15.6. The van der Waals surface area contributed by atoms with Crippen LogP contribution >= 0.6 is 11.6 Å². The van der Waals surface area contributed by atoms with E-state index in [2.05, 4.69) is 5.32 Å². The van der Waals surface area contributed by atoms with Gasteiger partial charge in [0.2, 0.25) is 15.9 Å². The summed E-state index contributed by atoms with van der Waals surface area (Å²) >= 11 is 6.16. The summed E-state index contributed by atoms with van der Waals surface area (Å²) in [6, 6.07) is 10.5. The van der Waals surface area contributed by atoms with E-state index >= 15 is 0 Å². The van der Waals surface area contributed by atoms with Crippen molar-refractivity contribution < 1.29 is 22.7 Å². The second kappa shape index (κ2) is 12.1. The molecule has 0 aliphatic heterocycles. The fraction of sp³-hybridized carbons (Fsp3) is 0.458.